The highest BCUT2D eigenvalue weighted by atomic mass is 32.2. The first-order valence-electron chi connectivity index (χ1n) is 8.15. The van der Waals surface area contributed by atoms with Gasteiger partial charge >= 0.3 is 0 Å². The normalized spacial score (nSPS) is 15.2. The van der Waals surface area contributed by atoms with E-state index >= 15 is 0 Å². The predicted octanol–water partition coefficient (Wildman–Crippen LogP) is 4.01. The van der Waals surface area contributed by atoms with Gasteiger partial charge in [0, 0.05) is 7.05 Å². The van der Waals surface area contributed by atoms with E-state index in [0.29, 0.717) is 15.0 Å². The molecule has 1 aliphatic heterocycles. The van der Waals surface area contributed by atoms with Crippen LogP contribution in [0.25, 0.3) is 6.08 Å². The number of carbonyl (C=O) groups is 1. The van der Waals surface area contributed by atoms with E-state index in [2.05, 4.69) is 0 Å². The molecule has 0 unspecified atom stereocenters. The van der Waals surface area contributed by atoms with Crippen molar-refractivity contribution in [2.45, 2.75) is 6.61 Å². The molecule has 144 valence electrons. The van der Waals surface area contributed by atoms with E-state index < -0.39 is 4.92 Å². The Hall–Kier alpha value is -2.91. The Morgan fingerprint density at radius 2 is 1.96 bits per heavy atom. The largest absolute Gasteiger partial charge is 0.493 e. The molecule has 3 rings (SSSR count). The van der Waals surface area contributed by atoms with Crippen molar-refractivity contribution in [3.05, 3.63) is 68.6 Å². The third kappa shape index (κ3) is 4.15. The van der Waals surface area contributed by atoms with Crippen LogP contribution in [0.2, 0.25) is 0 Å². The van der Waals surface area contributed by atoms with Crippen molar-refractivity contribution < 1.29 is 19.2 Å². The number of ether oxygens (including phenoxy) is 2. The minimum atomic E-state index is -0.520. The fraction of sp³-hybridized carbons (Fsp3) is 0.158. The van der Waals surface area contributed by atoms with Crippen LogP contribution in [0.1, 0.15) is 11.1 Å². The predicted molar refractivity (Wildman–Crippen MR) is 111 cm³/mol. The van der Waals surface area contributed by atoms with Gasteiger partial charge < -0.3 is 9.47 Å². The number of nitro benzene ring substituents is 1. The standard InChI is InChI=1S/C19H16N2O5S2/c1-20-18(22)17(28-19(20)27)9-13-8-15(25-2)16(10-14(13)21(23)24)26-11-12-6-4-3-5-7-12/h3-10H,11H2,1-2H3/b17-9-. The summed E-state index contributed by atoms with van der Waals surface area (Å²) in [5.74, 6) is 0.283. The quantitative estimate of drug-likeness (QED) is 0.304. The van der Waals surface area contributed by atoms with Gasteiger partial charge in [-0.15, -0.1) is 0 Å². The van der Waals surface area contributed by atoms with Crippen LogP contribution in [0.5, 0.6) is 11.5 Å². The number of rotatable bonds is 6. The van der Waals surface area contributed by atoms with Gasteiger partial charge in [-0.2, -0.15) is 0 Å². The van der Waals surface area contributed by atoms with Crippen molar-refractivity contribution >= 4 is 46.0 Å². The zero-order valence-electron chi connectivity index (χ0n) is 15.1. The van der Waals surface area contributed by atoms with Gasteiger partial charge in [-0.25, -0.2) is 0 Å². The molecule has 1 amide bonds. The number of nitro groups is 1. The van der Waals surface area contributed by atoms with Crippen LogP contribution in [-0.4, -0.2) is 34.2 Å². The third-order valence-corrected chi connectivity index (χ3v) is 5.50. The molecule has 1 aliphatic rings. The summed E-state index contributed by atoms with van der Waals surface area (Å²) in [7, 11) is 3.01. The monoisotopic (exact) mass is 416 g/mol. The van der Waals surface area contributed by atoms with Gasteiger partial charge in [0.05, 0.1) is 28.6 Å². The van der Waals surface area contributed by atoms with E-state index in [9.17, 15) is 14.9 Å². The summed E-state index contributed by atoms with van der Waals surface area (Å²) >= 11 is 6.19. The minimum Gasteiger partial charge on any atom is -0.493 e. The number of methoxy groups -OCH3 is 1. The molecule has 2 aromatic rings. The molecule has 1 heterocycles. The van der Waals surface area contributed by atoms with E-state index in [4.69, 9.17) is 21.7 Å². The second kappa shape index (κ2) is 8.41. The van der Waals surface area contributed by atoms with Crippen LogP contribution in [0.15, 0.2) is 47.4 Å². The van der Waals surface area contributed by atoms with Gasteiger partial charge in [-0.1, -0.05) is 54.3 Å². The highest BCUT2D eigenvalue weighted by molar-refractivity contribution is 8.26. The lowest BCUT2D eigenvalue weighted by Gasteiger charge is -2.12. The SMILES string of the molecule is COc1cc(/C=C2\SC(=S)N(C)C2=O)c([N+](=O)[O-])cc1OCc1ccccc1. The number of hydrogen-bond acceptors (Lipinski definition) is 7. The average molecular weight is 416 g/mol. The fourth-order valence-corrected chi connectivity index (χ4v) is 3.70. The maximum Gasteiger partial charge on any atom is 0.280 e. The lowest BCUT2D eigenvalue weighted by Crippen LogP contribution is -2.22. The molecule has 7 nitrogen and oxygen atoms in total. The summed E-state index contributed by atoms with van der Waals surface area (Å²) in [5.41, 5.74) is 0.969. The summed E-state index contributed by atoms with van der Waals surface area (Å²) in [4.78, 5) is 24.9. The molecule has 0 bridgehead atoms. The zero-order valence-corrected chi connectivity index (χ0v) is 16.7. The summed E-state index contributed by atoms with van der Waals surface area (Å²) in [5, 5.41) is 11.6. The van der Waals surface area contributed by atoms with Crippen LogP contribution in [0, 0.1) is 10.1 Å². The number of nitrogens with zero attached hydrogens (tertiary/aromatic N) is 2. The van der Waals surface area contributed by atoms with Gasteiger partial charge in [0.1, 0.15) is 10.9 Å². The smallest absolute Gasteiger partial charge is 0.280 e. The van der Waals surface area contributed by atoms with Crippen molar-refractivity contribution in [3.8, 4) is 11.5 Å². The highest BCUT2D eigenvalue weighted by Gasteiger charge is 2.30. The molecular formula is C19H16N2O5S2. The first-order chi connectivity index (χ1) is 13.4. The van der Waals surface area contributed by atoms with E-state index in [-0.39, 0.29) is 29.5 Å². The number of thiocarbonyl (C=S) groups is 1. The Morgan fingerprint density at radius 3 is 2.54 bits per heavy atom. The molecule has 0 aromatic heterocycles. The van der Waals surface area contributed by atoms with Crippen LogP contribution >= 0.6 is 24.0 Å². The maximum atomic E-state index is 12.2. The number of hydrogen-bond donors (Lipinski definition) is 0. The van der Waals surface area contributed by atoms with Crippen molar-refractivity contribution in [2.24, 2.45) is 0 Å². The fourth-order valence-electron chi connectivity index (χ4n) is 2.53. The maximum absolute atomic E-state index is 12.2. The van der Waals surface area contributed by atoms with Gasteiger partial charge in [-0.3, -0.25) is 19.8 Å². The van der Waals surface area contributed by atoms with Crippen LogP contribution in [0.3, 0.4) is 0 Å². The molecule has 0 N–H and O–H groups in total. The molecule has 1 fully saturated rings. The van der Waals surface area contributed by atoms with E-state index in [1.165, 1.54) is 30.2 Å². The second-order valence-corrected chi connectivity index (χ2v) is 7.51. The number of benzene rings is 2. The first-order valence-corrected chi connectivity index (χ1v) is 9.38. The van der Waals surface area contributed by atoms with E-state index in [1.807, 2.05) is 30.3 Å². The van der Waals surface area contributed by atoms with Crippen molar-refractivity contribution in [1.82, 2.24) is 4.90 Å². The van der Waals surface area contributed by atoms with Crippen molar-refractivity contribution in [3.63, 3.8) is 0 Å². The van der Waals surface area contributed by atoms with E-state index in [0.717, 1.165) is 17.3 Å². The van der Waals surface area contributed by atoms with Crippen LogP contribution < -0.4 is 9.47 Å². The van der Waals surface area contributed by atoms with Gasteiger partial charge in [0.15, 0.2) is 11.5 Å². The third-order valence-electron chi connectivity index (χ3n) is 4.02. The molecule has 9 heteroatoms. The molecular weight excluding hydrogens is 400 g/mol. The summed E-state index contributed by atoms with van der Waals surface area (Å²) in [6.45, 7) is 0.238. The van der Waals surface area contributed by atoms with Crippen LogP contribution in [-0.2, 0) is 11.4 Å². The summed E-state index contributed by atoms with van der Waals surface area (Å²) < 4.78 is 11.5. The van der Waals surface area contributed by atoms with Gasteiger partial charge in [-0.05, 0) is 17.7 Å². The topological polar surface area (TPSA) is 81.9 Å². The molecule has 0 saturated carbocycles. The lowest BCUT2D eigenvalue weighted by molar-refractivity contribution is -0.385. The molecule has 0 radical (unpaired) electrons. The Bertz CT molecular complexity index is 976. The average Bonchev–Trinajstić information content (AvgIpc) is 2.93. The zero-order chi connectivity index (χ0) is 20.3. The molecule has 2 aromatic carbocycles. The Kier molecular flexibility index (Phi) is 5.96. The Labute approximate surface area is 171 Å². The van der Waals surface area contributed by atoms with Gasteiger partial charge in [0.25, 0.3) is 11.6 Å². The minimum absolute atomic E-state index is 0.190. The highest BCUT2D eigenvalue weighted by Crippen LogP contribution is 2.39. The second-order valence-electron chi connectivity index (χ2n) is 5.83. The number of thioether (sulfide) groups is 1. The van der Waals surface area contributed by atoms with Crippen molar-refractivity contribution in [1.29, 1.82) is 0 Å². The first kappa shape index (κ1) is 19.8. The molecule has 28 heavy (non-hydrogen) atoms. The van der Waals surface area contributed by atoms with E-state index in [1.54, 1.807) is 7.05 Å². The Balaban J connectivity index is 1.97. The molecule has 0 spiro atoms. The van der Waals surface area contributed by atoms with Crippen molar-refractivity contribution in [2.75, 3.05) is 14.2 Å². The Morgan fingerprint density at radius 1 is 1.25 bits per heavy atom. The summed E-state index contributed by atoms with van der Waals surface area (Å²) in [6, 6.07) is 12.2. The van der Waals surface area contributed by atoms with Gasteiger partial charge in [0.2, 0.25) is 0 Å². The number of likely N-dealkylation sites (N-methyl/N-ethyl adjacent to an activating group) is 1. The summed E-state index contributed by atoms with van der Waals surface area (Å²) in [6.07, 6.45) is 1.45. The lowest BCUT2D eigenvalue weighted by atomic mass is 10.1. The molecule has 0 aliphatic carbocycles. The van der Waals surface area contributed by atoms with Crippen LogP contribution in [0.4, 0.5) is 5.69 Å². The molecule has 1 saturated heterocycles. The number of carbonyl (C=O) groups excluding carboxylic acids is 1. The molecule has 0 atom stereocenters. The number of amides is 1.